The molecule has 0 radical (unpaired) electrons. The molecule has 25 heavy (non-hydrogen) atoms. The lowest BCUT2D eigenvalue weighted by Gasteiger charge is -2.33. The van der Waals surface area contributed by atoms with Crippen molar-refractivity contribution in [3.63, 3.8) is 0 Å². The molecule has 0 fully saturated rings. The van der Waals surface area contributed by atoms with Gasteiger partial charge in [-0.1, -0.05) is 0 Å². The standard InChI is InChI=1S/C15H16F3N3O4/c1-3-24-12(22)14(25-4-2,15(16,17)18)21-13(23)20-11-7-5-10(9-19)6-8-11/h5-8H,3-4H2,1-2H3,(H2,20,21,23). The maximum Gasteiger partial charge on any atom is 0.448 e. The Morgan fingerprint density at radius 2 is 1.76 bits per heavy atom. The molecule has 1 aromatic carbocycles. The zero-order chi connectivity index (χ0) is 19.1. The summed E-state index contributed by atoms with van der Waals surface area (Å²) >= 11 is 0. The molecular weight excluding hydrogens is 343 g/mol. The van der Waals surface area contributed by atoms with Crippen molar-refractivity contribution >= 4 is 17.7 Å². The van der Waals surface area contributed by atoms with Gasteiger partial charge in [-0.3, -0.25) is 5.32 Å². The molecule has 0 aliphatic carbocycles. The lowest BCUT2D eigenvalue weighted by molar-refractivity contribution is -0.282. The Bertz CT molecular complexity index is 655. The van der Waals surface area contributed by atoms with Gasteiger partial charge in [0, 0.05) is 12.3 Å². The third-order valence-electron chi connectivity index (χ3n) is 2.88. The lowest BCUT2D eigenvalue weighted by atomic mass is 10.2. The van der Waals surface area contributed by atoms with Crippen molar-refractivity contribution in [3.05, 3.63) is 29.8 Å². The zero-order valence-electron chi connectivity index (χ0n) is 13.4. The minimum atomic E-state index is -5.25. The van der Waals surface area contributed by atoms with E-state index in [1.807, 2.05) is 6.07 Å². The van der Waals surface area contributed by atoms with Crippen molar-refractivity contribution in [2.45, 2.75) is 25.7 Å². The van der Waals surface area contributed by atoms with E-state index in [0.717, 1.165) is 0 Å². The first-order valence-electron chi connectivity index (χ1n) is 7.17. The van der Waals surface area contributed by atoms with E-state index in [1.165, 1.54) is 43.4 Å². The van der Waals surface area contributed by atoms with E-state index in [1.54, 1.807) is 0 Å². The number of hydrogen-bond acceptors (Lipinski definition) is 5. The maximum atomic E-state index is 13.4. The Hall–Kier alpha value is -2.80. The molecule has 7 nitrogen and oxygen atoms in total. The first-order chi connectivity index (χ1) is 11.7. The Labute approximate surface area is 141 Å². The number of urea groups is 1. The molecule has 1 unspecified atom stereocenters. The molecule has 0 aliphatic rings. The Kier molecular flexibility index (Phi) is 6.76. The van der Waals surface area contributed by atoms with Crippen LogP contribution in [0.2, 0.25) is 0 Å². The summed E-state index contributed by atoms with van der Waals surface area (Å²) in [5.41, 5.74) is -3.21. The summed E-state index contributed by atoms with van der Waals surface area (Å²) < 4.78 is 49.2. The number of nitriles is 1. The smallest absolute Gasteiger partial charge is 0.448 e. The summed E-state index contributed by atoms with van der Waals surface area (Å²) in [6.07, 6.45) is -5.25. The summed E-state index contributed by atoms with van der Waals surface area (Å²) in [6, 6.07) is 5.88. The molecule has 1 aromatic rings. The summed E-state index contributed by atoms with van der Waals surface area (Å²) in [4.78, 5) is 23.8. The number of nitrogens with zero attached hydrogens (tertiary/aromatic N) is 1. The molecule has 2 N–H and O–H groups in total. The maximum absolute atomic E-state index is 13.4. The predicted octanol–water partition coefficient (Wildman–Crippen LogP) is 2.54. The van der Waals surface area contributed by atoms with Gasteiger partial charge < -0.3 is 14.8 Å². The Balaban J connectivity index is 3.04. The lowest BCUT2D eigenvalue weighted by Crippen LogP contribution is -2.67. The second-order valence-electron chi connectivity index (χ2n) is 4.60. The van der Waals surface area contributed by atoms with E-state index in [0.29, 0.717) is 5.56 Å². The number of esters is 1. The number of rotatable bonds is 6. The molecular formula is C15H16F3N3O4. The molecule has 0 aromatic heterocycles. The highest BCUT2D eigenvalue weighted by molar-refractivity contribution is 5.94. The van der Waals surface area contributed by atoms with Crippen molar-refractivity contribution in [1.82, 2.24) is 5.32 Å². The first kappa shape index (κ1) is 20.2. The number of benzene rings is 1. The van der Waals surface area contributed by atoms with Crippen molar-refractivity contribution < 1.29 is 32.2 Å². The average Bonchev–Trinajstić information content (AvgIpc) is 2.54. The average molecular weight is 359 g/mol. The van der Waals surface area contributed by atoms with Crippen LogP contribution in [0.5, 0.6) is 0 Å². The molecule has 1 rings (SSSR count). The van der Waals surface area contributed by atoms with Crippen LogP contribution in [0.3, 0.4) is 0 Å². The van der Waals surface area contributed by atoms with Gasteiger partial charge in [0.15, 0.2) is 0 Å². The molecule has 1 atom stereocenters. The monoisotopic (exact) mass is 359 g/mol. The van der Waals surface area contributed by atoms with Gasteiger partial charge >= 0.3 is 23.9 Å². The Morgan fingerprint density at radius 3 is 2.20 bits per heavy atom. The van der Waals surface area contributed by atoms with Gasteiger partial charge in [0.25, 0.3) is 0 Å². The minimum absolute atomic E-state index is 0.118. The molecule has 10 heteroatoms. The second-order valence-corrected chi connectivity index (χ2v) is 4.60. The minimum Gasteiger partial charge on any atom is -0.462 e. The number of ether oxygens (including phenoxy) is 2. The number of anilines is 1. The van der Waals surface area contributed by atoms with Crippen LogP contribution in [0.4, 0.5) is 23.7 Å². The van der Waals surface area contributed by atoms with Crippen molar-refractivity contribution in [1.29, 1.82) is 5.26 Å². The topological polar surface area (TPSA) is 100 Å². The van der Waals surface area contributed by atoms with E-state index in [4.69, 9.17) is 5.26 Å². The quantitative estimate of drug-likeness (QED) is 0.600. The van der Waals surface area contributed by atoms with Gasteiger partial charge in [-0.05, 0) is 38.1 Å². The first-order valence-corrected chi connectivity index (χ1v) is 7.17. The van der Waals surface area contributed by atoms with Crippen LogP contribution in [0, 0.1) is 11.3 Å². The van der Waals surface area contributed by atoms with E-state index >= 15 is 0 Å². The molecule has 0 saturated heterocycles. The fourth-order valence-corrected chi connectivity index (χ4v) is 1.81. The normalized spacial score (nSPS) is 13.3. The number of amides is 2. The largest absolute Gasteiger partial charge is 0.462 e. The number of carbonyl (C=O) groups excluding carboxylic acids is 2. The number of halogens is 3. The van der Waals surface area contributed by atoms with E-state index in [2.05, 4.69) is 14.8 Å². The summed E-state index contributed by atoms with van der Waals surface area (Å²) in [5.74, 6) is -1.78. The molecule has 0 saturated carbocycles. The van der Waals surface area contributed by atoms with Gasteiger partial charge in [0.2, 0.25) is 0 Å². The van der Waals surface area contributed by atoms with Gasteiger partial charge in [-0.15, -0.1) is 0 Å². The van der Waals surface area contributed by atoms with Crippen LogP contribution in [-0.2, 0) is 14.3 Å². The Morgan fingerprint density at radius 1 is 1.16 bits per heavy atom. The fourth-order valence-electron chi connectivity index (χ4n) is 1.81. The number of alkyl halides is 3. The van der Waals surface area contributed by atoms with Crippen molar-refractivity contribution in [2.75, 3.05) is 18.5 Å². The third kappa shape index (κ3) is 4.84. The fraction of sp³-hybridized carbons (Fsp3) is 0.400. The SMILES string of the molecule is CCOC(=O)C(NC(=O)Nc1ccc(C#N)cc1)(OCC)C(F)(F)F. The van der Waals surface area contributed by atoms with Crippen LogP contribution in [0.25, 0.3) is 0 Å². The highest BCUT2D eigenvalue weighted by Crippen LogP contribution is 2.33. The molecule has 0 heterocycles. The van der Waals surface area contributed by atoms with Crippen LogP contribution < -0.4 is 10.6 Å². The van der Waals surface area contributed by atoms with E-state index in [-0.39, 0.29) is 12.3 Å². The van der Waals surface area contributed by atoms with Crippen molar-refractivity contribution in [3.8, 4) is 6.07 Å². The van der Waals surface area contributed by atoms with Gasteiger partial charge in [-0.25, -0.2) is 9.59 Å². The van der Waals surface area contributed by atoms with Crippen LogP contribution in [0.15, 0.2) is 24.3 Å². The predicted molar refractivity (Wildman–Crippen MR) is 80.4 cm³/mol. The number of nitrogens with one attached hydrogen (secondary N) is 2. The molecule has 0 aliphatic heterocycles. The van der Waals surface area contributed by atoms with E-state index in [9.17, 15) is 22.8 Å². The third-order valence-corrected chi connectivity index (χ3v) is 2.88. The second kappa shape index (κ2) is 8.34. The summed E-state index contributed by atoms with van der Waals surface area (Å²) in [7, 11) is 0. The highest BCUT2D eigenvalue weighted by Gasteiger charge is 2.64. The highest BCUT2D eigenvalue weighted by atomic mass is 19.4. The molecule has 136 valence electrons. The summed E-state index contributed by atoms with van der Waals surface area (Å²) in [5, 5.41) is 12.3. The van der Waals surface area contributed by atoms with Gasteiger partial charge in [0.1, 0.15) is 0 Å². The number of hydrogen-bond donors (Lipinski definition) is 2. The molecule has 2 amide bonds. The molecule has 0 spiro atoms. The van der Waals surface area contributed by atoms with Crippen LogP contribution in [0.1, 0.15) is 19.4 Å². The van der Waals surface area contributed by atoms with Crippen molar-refractivity contribution in [2.24, 2.45) is 0 Å². The van der Waals surface area contributed by atoms with Gasteiger partial charge in [-0.2, -0.15) is 18.4 Å². The van der Waals surface area contributed by atoms with E-state index < -0.39 is 30.5 Å². The number of carbonyl (C=O) groups is 2. The van der Waals surface area contributed by atoms with Crippen LogP contribution in [-0.4, -0.2) is 37.1 Å². The van der Waals surface area contributed by atoms with Gasteiger partial charge in [0.05, 0.1) is 18.2 Å². The van der Waals surface area contributed by atoms with Crippen LogP contribution >= 0.6 is 0 Å². The molecule has 0 bridgehead atoms. The zero-order valence-corrected chi connectivity index (χ0v) is 13.4. The summed E-state index contributed by atoms with van der Waals surface area (Å²) in [6.45, 7) is 1.72.